The number of hydrogen-bond donors (Lipinski definition) is 0. The Morgan fingerprint density at radius 1 is 0.621 bits per heavy atom. The lowest BCUT2D eigenvalue weighted by atomic mass is 9.91. The first-order valence-corrected chi connectivity index (χ1v) is 21.6. The second kappa shape index (κ2) is 15.6. The number of hydrogen-bond acceptors (Lipinski definition) is 5. The minimum Gasteiger partial charge on any atom is -0.455 e. The third-order valence-corrected chi connectivity index (χ3v) is 12.5. The summed E-state index contributed by atoms with van der Waals surface area (Å²) >= 11 is 3.52. The van der Waals surface area contributed by atoms with Crippen molar-refractivity contribution in [2.45, 2.75) is 39.0 Å². The van der Waals surface area contributed by atoms with Gasteiger partial charge in [-0.25, -0.2) is 0 Å². The summed E-state index contributed by atoms with van der Waals surface area (Å²) < 4.78 is 15.7. The molecule has 0 bridgehead atoms. The zero-order valence-corrected chi connectivity index (χ0v) is 34.8. The number of rotatable bonds is 2. The molecule has 58 heavy (non-hydrogen) atoms. The number of para-hydroxylation sites is 2. The highest BCUT2D eigenvalue weighted by Gasteiger charge is 2.30. The number of thioether (sulfide) groups is 1. The minimum atomic E-state index is 0.835. The van der Waals surface area contributed by atoms with Gasteiger partial charge in [0.25, 0.3) is 0 Å². The van der Waals surface area contributed by atoms with E-state index in [4.69, 9.17) is 8.83 Å². The van der Waals surface area contributed by atoms with Crippen molar-refractivity contribution in [3.63, 3.8) is 0 Å². The van der Waals surface area contributed by atoms with Gasteiger partial charge in [0, 0.05) is 75.2 Å². The van der Waals surface area contributed by atoms with Crippen LogP contribution in [-0.2, 0) is 0 Å². The van der Waals surface area contributed by atoms with Crippen LogP contribution in [0.4, 0.5) is 11.4 Å². The SMILES string of the molecule is C=C1/C=C\C=C/Sc2c3c(c4c(oc5ccccc54)c21)C(=C)/C=C\C=C/N3c1ccc(-c2cc3c4ccccc4oc3c3c2sc2ccccc23)cc1.CC.CCC. The van der Waals surface area contributed by atoms with E-state index in [-0.39, 0.29) is 0 Å². The predicted molar refractivity (Wildman–Crippen MR) is 256 cm³/mol. The summed E-state index contributed by atoms with van der Waals surface area (Å²) in [6.45, 7) is 17.4. The first-order valence-electron chi connectivity index (χ1n) is 19.9. The highest BCUT2D eigenvalue weighted by atomic mass is 32.2. The highest BCUT2D eigenvalue weighted by Crippen LogP contribution is 2.53. The molecule has 3 nitrogen and oxygen atoms in total. The van der Waals surface area contributed by atoms with Crippen molar-refractivity contribution in [2.24, 2.45) is 0 Å². The van der Waals surface area contributed by atoms with Crippen LogP contribution in [0.25, 0.3) is 86.3 Å². The number of thiophene rings is 1. The molecule has 0 saturated carbocycles. The van der Waals surface area contributed by atoms with Gasteiger partial charge in [0.05, 0.1) is 5.69 Å². The quantitative estimate of drug-likeness (QED) is 0.174. The maximum atomic E-state index is 6.68. The lowest BCUT2D eigenvalue weighted by molar-refractivity contribution is 0.666. The topological polar surface area (TPSA) is 29.5 Å². The van der Waals surface area contributed by atoms with Crippen molar-refractivity contribution >= 4 is 110 Å². The van der Waals surface area contributed by atoms with Gasteiger partial charge in [-0.05, 0) is 64.6 Å². The summed E-state index contributed by atoms with van der Waals surface area (Å²) in [6, 6.07) is 36.6. The van der Waals surface area contributed by atoms with Gasteiger partial charge in [0.1, 0.15) is 22.3 Å². The Morgan fingerprint density at radius 3 is 2.00 bits per heavy atom. The number of nitrogens with zero attached hydrogens (tertiary/aromatic N) is 1. The Kier molecular flexibility index (Phi) is 10.0. The summed E-state index contributed by atoms with van der Waals surface area (Å²) in [5.74, 6) is 0. The van der Waals surface area contributed by atoms with Crippen molar-refractivity contribution < 1.29 is 8.83 Å². The van der Waals surface area contributed by atoms with E-state index in [9.17, 15) is 0 Å². The Balaban J connectivity index is 0.000000835. The lowest BCUT2D eigenvalue weighted by Crippen LogP contribution is -2.14. The lowest BCUT2D eigenvalue weighted by Gasteiger charge is -2.30. The second-order valence-corrected chi connectivity index (χ2v) is 16.1. The molecule has 0 unspecified atom stereocenters. The molecule has 0 atom stereocenters. The van der Waals surface area contributed by atoms with Crippen molar-refractivity contribution in [1.82, 2.24) is 0 Å². The predicted octanol–water partition coefficient (Wildman–Crippen LogP) is 17.4. The Morgan fingerprint density at radius 2 is 1.24 bits per heavy atom. The van der Waals surface area contributed by atoms with Crippen molar-refractivity contribution in [2.75, 3.05) is 4.90 Å². The standard InChI is InChI=1S/C48H29NO2S2.C3H8.C2H6/c1-28-13-9-11-25-49(44-40(28)42-33-16-4-7-19-38(33)51-46(42)41-29(2)14-10-12-26-52-48(41)44)31-23-21-30(22-24-31)35-27-36-32-15-3-6-18-37(32)50-45(36)43-34-17-5-8-20-39(34)53-47(35)43;1-3-2;1-2/h3-27H,1-2H2;3H2,1-2H3;1-2H3/b13-9-,14-10-,25-11-,26-12-;;. The second-order valence-electron chi connectivity index (χ2n) is 14.1. The van der Waals surface area contributed by atoms with Crippen LogP contribution in [-0.4, -0.2) is 0 Å². The first kappa shape index (κ1) is 37.3. The van der Waals surface area contributed by atoms with Crippen LogP contribution in [0.5, 0.6) is 0 Å². The van der Waals surface area contributed by atoms with E-state index in [0.29, 0.717) is 0 Å². The van der Waals surface area contributed by atoms with E-state index >= 15 is 0 Å². The van der Waals surface area contributed by atoms with Crippen LogP contribution in [0.1, 0.15) is 45.2 Å². The van der Waals surface area contributed by atoms with E-state index in [1.54, 1.807) is 11.8 Å². The van der Waals surface area contributed by atoms with Crippen molar-refractivity contribution in [3.05, 3.63) is 175 Å². The van der Waals surface area contributed by atoms with Crippen molar-refractivity contribution in [3.8, 4) is 11.1 Å². The monoisotopic (exact) mass is 789 g/mol. The Hall–Kier alpha value is -6.27. The number of anilines is 2. The van der Waals surface area contributed by atoms with Gasteiger partial charge in [0.15, 0.2) is 0 Å². The summed E-state index contributed by atoms with van der Waals surface area (Å²) in [5.41, 5.74) is 11.9. The fourth-order valence-corrected chi connectivity index (χ4v) is 10.2. The molecular formula is C53H43NO2S2. The van der Waals surface area contributed by atoms with Crippen LogP contribution in [0, 0.1) is 0 Å². The summed E-state index contributed by atoms with van der Waals surface area (Å²) in [7, 11) is 0. The molecule has 284 valence electrons. The summed E-state index contributed by atoms with van der Waals surface area (Å²) in [4.78, 5) is 3.38. The molecule has 0 fully saturated rings. The molecule has 5 heteroatoms. The van der Waals surface area contributed by atoms with Gasteiger partial charge in [-0.15, -0.1) is 11.3 Å². The third kappa shape index (κ3) is 6.05. The zero-order valence-electron chi connectivity index (χ0n) is 33.1. The summed E-state index contributed by atoms with van der Waals surface area (Å²) in [5, 5.41) is 8.91. The molecule has 9 aromatic rings. The fraction of sp³-hybridized carbons (Fsp3) is 0.0943. The average molecular weight is 790 g/mol. The number of benzene rings is 6. The van der Waals surface area contributed by atoms with E-state index in [0.717, 1.165) is 88.0 Å². The Bertz CT molecular complexity index is 3200. The zero-order chi connectivity index (χ0) is 39.9. The van der Waals surface area contributed by atoms with Crippen LogP contribution in [0.2, 0.25) is 0 Å². The van der Waals surface area contributed by atoms with E-state index < -0.39 is 0 Å². The molecule has 3 aromatic heterocycles. The molecular weight excluding hydrogens is 747 g/mol. The maximum absolute atomic E-state index is 6.68. The molecule has 0 spiro atoms. The van der Waals surface area contributed by atoms with Gasteiger partial charge in [-0.3, -0.25) is 0 Å². The van der Waals surface area contributed by atoms with E-state index in [1.165, 1.54) is 32.2 Å². The first-order chi connectivity index (χ1) is 28.6. The van der Waals surface area contributed by atoms with Gasteiger partial charge in [-0.1, -0.05) is 156 Å². The number of allylic oxidation sites excluding steroid dienone is 8. The van der Waals surface area contributed by atoms with Gasteiger partial charge < -0.3 is 13.7 Å². The maximum Gasteiger partial charge on any atom is 0.145 e. The molecule has 2 aliphatic heterocycles. The molecule has 11 rings (SSSR count). The van der Waals surface area contributed by atoms with Gasteiger partial charge in [-0.2, -0.15) is 0 Å². The molecule has 6 aromatic carbocycles. The van der Waals surface area contributed by atoms with Crippen molar-refractivity contribution in [1.29, 1.82) is 0 Å². The smallest absolute Gasteiger partial charge is 0.145 e. The fourth-order valence-electron chi connectivity index (χ4n) is 8.04. The minimum absolute atomic E-state index is 0.835. The van der Waals surface area contributed by atoms with Crippen LogP contribution >= 0.6 is 23.1 Å². The molecule has 0 radical (unpaired) electrons. The van der Waals surface area contributed by atoms with Gasteiger partial charge >= 0.3 is 0 Å². The normalized spacial score (nSPS) is 15.8. The number of fused-ring (bicyclic) bond motifs is 15. The van der Waals surface area contributed by atoms with Gasteiger partial charge in [0.2, 0.25) is 0 Å². The van der Waals surface area contributed by atoms with Crippen LogP contribution in [0.15, 0.2) is 178 Å². The van der Waals surface area contributed by atoms with E-state index in [1.807, 2.05) is 49.5 Å². The van der Waals surface area contributed by atoms with E-state index in [2.05, 4.69) is 159 Å². The molecule has 0 aliphatic carbocycles. The molecule has 5 heterocycles. The molecule has 0 N–H and O–H groups in total. The largest absolute Gasteiger partial charge is 0.455 e. The summed E-state index contributed by atoms with van der Waals surface area (Å²) in [6.07, 6.45) is 15.8. The van der Waals surface area contributed by atoms with Crippen LogP contribution < -0.4 is 4.90 Å². The molecule has 2 aliphatic rings. The highest BCUT2D eigenvalue weighted by molar-refractivity contribution is 8.02. The number of furan rings is 2. The Labute approximate surface area is 347 Å². The third-order valence-electron chi connectivity index (χ3n) is 10.4. The molecule has 0 saturated heterocycles. The van der Waals surface area contributed by atoms with Crippen LogP contribution in [0.3, 0.4) is 0 Å². The average Bonchev–Trinajstić information content (AvgIpc) is 3.94. The molecule has 0 amide bonds.